The van der Waals surface area contributed by atoms with Crippen LogP contribution in [0.2, 0.25) is 0 Å². The molecule has 0 spiro atoms. The Morgan fingerprint density at radius 2 is 1.36 bits per heavy atom. The molecular weight excluding hydrogens is 446 g/mol. The highest BCUT2D eigenvalue weighted by atomic mass is 16.5. The average Bonchev–Trinajstić information content (AvgIpc) is 3.14. The number of amides is 2. The summed E-state index contributed by atoms with van der Waals surface area (Å²) < 4.78 is 5.79. The van der Waals surface area contributed by atoms with Crippen LogP contribution in [0.1, 0.15) is 80.2 Å². The van der Waals surface area contributed by atoms with Gasteiger partial charge in [-0.25, -0.2) is 4.90 Å². The standard InChI is InChI=1S/C32H33NO3/c1-5-6-17-36-21-14-12-20(13-15-21)33-30(34)28-26-22-9-7-8-10-23(22)27(29(28)31(33)35)25-18-19(32(2,3)4)11-16-24(25)26/h7-16,18,26-29H,5-6,17H2,1-4H3/t26-,27-,28-,29-/m1/s1. The zero-order valence-corrected chi connectivity index (χ0v) is 21.5. The monoisotopic (exact) mass is 479 g/mol. The third-order valence-electron chi connectivity index (χ3n) is 8.27. The topological polar surface area (TPSA) is 46.6 Å². The zero-order chi connectivity index (χ0) is 25.2. The molecule has 1 saturated heterocycles. The molecular formula is C32H33NO3. The number of rotatable bonds is 5. The Morgan fingerprint density at radius 1 is 0.778 bits per heavy atom. The van der Waals surface area contributed by atoms with Crippen molar-refractivity contribution in [2.75, 3.05) is 11.5 Å². The molecule has 4 atom stereocenters. The molecule has 3 aromatic carbocycles. The predicted molar refractivity (Wildman–Crippen MR) is 142 cm³/mol. The van der Waals surface area contributed by atoms with Gasteiger partial charge in [0.05, 0.1) is 24.1 Å². The van der Waals surface area contributed by atoms with E-state index in [4.69, 9.17) is 4.74 Å². The van der Waals surface area contributed by atoms with Crippen molar-refractivity contribution in [3.05, 3.63) is 94.5 Å². The summed E-state index contributed by atoms with van der Waals surface area (Å²) in [5.41, 5.74) is 6.71. The summed E-state index contributed by atoms with van der Waals surface area (Å²) in [6.45, 7) is 9.44. The summed E-state index contributed by atoms with van der Waals surface area (Å²) in [7, 11) is 0. The lowest BCUT2D eigenvalue weighted by molar-refractivity contribution is -0.122. The molecule has 4 heteroatoms. The van der Waals surface area contributed by atoms with Crippen molar-refractivity contribution in [1.82, 2.24) is 0 Å². The minimum Gasteiger partial charge on any atom is -0.494 e. The van der Waals surface area contributed by atoms with Crippen LogP contribution < -0.4 is 9.64 Å². The van der Waals surface area contributed by atoms with E-state index in [9.17, 15) is 9.59 Å². The van der Waals surface area contributed by atoms with Gasteiger partial charge in [0.1, 0.15) is 5.75 Å². The smallest absolute Gasteiger partial charge is 0.238 e. The van der Waals surface area contributed by atoms with Gasteiger partial charge in [0.15, 0.2) is 0 Å². The van der Waals surface area contributed by atoms with Crippen molar-refractivity contribution in [2.45, 2.75) is 57.8 Å². The fourth-order valence-electron chi connectivity index (χ4n) is 6.47. The van der Waals surface area contributed by atoms with Crippen molar-refractivity contribution in [1.29, 1.82) is 0 Å². The maximum Gasteiger partial charge on any atom is 0.238 e. The SMILES string of the molecule is CCCCOc1ccc(N2C(=O)[C@@H]3[C@@H]4c5ccccc5[C@H](c5cc(C(C)(C)C)ccc54)[C@H]3C2=O)cc1. The lowest BCUT2D eigenvalue weighted by atomic mass is 9.54. The van der Waals surface area contributed by atoms with E-state index >= 15 is 0 Å². The molecule has 36 heavy (non-hydrogen) atoms. The lowest BCUT2D eigenvalue weighted by Crippen LogP contribution is -2.41. The van der Waals surface area contributed by atoms with Gasteiger partial charge in [-0.05, 0) is 63.9 Å². The zero-order valence-electron chi connectivity index (χ0n) is 21.5. The van der Waals surface area contributed by atoms with Gasteiger partial charge in [-0.15, -0.1) is 0 Å². The van der Waals surface area contributed by atoms with E-state index in [1.165, 1.54) is 32.7 Å². The summed E-state index contributed by atoms with van der Waals surface area (Å²) in [5.74, 6) is -0.352. The highest BCUT2D eigenvalue weighted by Gasteiger charge is 2.61. The van der Waals surface area contributed by atoms with Gasteiger partial charge in [0, 0.05) is 11.8 Å². The maximum atomic E-state index is 14.0. The molecule has 0 saturated carbocycles. The second-order valence-electron chi connectivity index (χ2n) is 11.4. The van der Waals surface area contributed by atoms with Crippen molar-refractivity contribution in [3.63, 3.8) is 0 Å². The van der Waals surface area contributed by atoms with Crippen LogP contribution in [0.4, 0.5) is 5.69 Å². The molecule has 4 aliphatic rings. The largest absolute Gasteiger partial charge is 0.494 e. The molecule has 184 valence electrons. The van der Waals surface area contributed by atoms with E-state index in [1.54, 1.807) is 0 Å². The minimum absolute atomic E-state index is 0.00707. The van der Waals surface area contributed by atoms with Crippen LogP contribution in [-0.4, -0.2) is 18.4 Å². The molecule has 0 aromatic heterocycles. The number of hydrogen-bond donors (Lipinski definition) is 0. The number of benzene rings is 3. The Labute approximate surface area is 213 Å². The quantitative estimate of drug-likeness (QED) is 0.308. The fourth-order valence-corrected chi connectivity index (χ4v) is 6.47. The highest BCUT2D eigenvalue weighted by Crippen LogP contribution is 2.61. The first kappa shape index (κ1) is 23.0. The van der Waals surface area contributed by atoms with Crippen LogP contribution >= 0.6 is 0 Å². The van der Waals surface area contributed by atoms with E-state index in [0.717, 1.165) is 18.6 Å². The third-order valence-corrected chi connectivity index (χ3v) is 8.27. The number of anilines is 1. The maximum absolute atomic E-state index is 14.0. The van der Waals surface area contributed by atoms with E-state index in [-0.39, 0.29) is 40.9 Å². The Balaban J connectivity index is 1.42. The molecule has 1 aliphatic heterocycles. The second-order valence-corrected chi connectivity index (χ2v) is 11.4. The molecule has 0 unspecified atom stereocenters. The number of carbonyl (C=O) groups is 2. The molecule has 2 bridgehead atoms. The number of carbonyl (C=O) groups excluding carboxylic acids is 2. The molecule has 0 N–H and O–H groups in total. The molecule has 2 amide bonds. The predicted octanol–water partition coefficient (Wildman–Crippen LogP) is 6.56. The van der Waals surface area contributed by atoms with E-state index in [1.807, 2.05) is 30.3 Å². The minimum atomic E-state index is -0.374. The van der Waals surface area contributed by atoms with Crippen molar-refractivity contribution in [3.8, 4) is 5.75 Å². The van der Waals surface area contributed by atoms with Gasteiger partial charge in [-0.3, -0.25) is 9.59 Å². The Morgan fingerprint density at radius 3 is 1.94 bits per heavy atom. The fraction of sp³-hybridized carbons (Fsp3) is 0.375. The number of ether oxygens (including phenoxy) is 1. The molecule has 1 heterocycles. The number of nitrogens with zero attached hydrogens (tertiary/aromatic N) is 1. The van der Waals surface area contributed by atoms with Crippen LogP contribution in [0.15, 0.2) is 66.7 Å². The van der Waals surface area contributed by atoms with Crippen LogP contribution in [0.3, 0.4) is 0 Å². The first-order chi connectivity index (χ1) is 17.3. The Hall–Kier alpha value is -3.40. The van der Waals surface area contributed by atoms with E-state index in [0.29, 0.717) is 12.3 Å². The molecule has 0 radical (unpaired) electrons. The van der Waals surface area contributed by atoms with Crippen LogP contribution in [0.5, 0.6) is 5.75 Å². The van der Waals surface area contributed by atoms with Crippen molar-refractivity contribution < 1.29 is 14.3 Å². The Kier molecular flexibility index (Phi) is 5.33. The summed E-state index contributed by atoms with van der Waals surface area (Å²) in [6.07, 6.45) is 2.07. The van der Waals surface area contributed by atoms with Gasteiger partial charge in [-0.2, -0.15) is 0 Å². The molecule has 3 aliphatic carbocycles. The molecule has 3 aromatic rings. The van der Waals surface area contributed by atoms with Crippen LogP contribution in [0, 0.1) is 11.8 Å². The van der Waals surface area contributed by atoms with Gasteiger partial charge >= 0.3 is 0 Å². The summed E-state index contributed by atoms with van der Waals surface area (Å²) in [5, 5.41) is 0. The first-order valence-electron chi connectivity index (χ1n) is 13.1. The first-order valence-corrected chi connectivity index (χ1v) is 13.1. The van der Waals surface area contributed by atoms with E-state index in [2.05, 4.69) is 64.1 Å². The number of imide groups is 1. The highest BCUT2D eigenvalue weighted by molar-refractivity contribution is 6.23. The number of hydrogen-bond acceptors (Lipinski definition) is 3. The third kappa shape index (κ3) is 3.34. The lowest BCUT2D eigenvalue weighted by Gasteiger charge is -2.46. The second kappa shape index (κ2) is 8.33. The van der Waals surface area contributed by atoms with Gasteiger partial charge in [0.25, 0.3) is 0 Å². The van der Waals surface area contributed by atoms with Gasteiger partial charge in [-0.1, -0.05) is 76.6 Å². The van der Waals surface area contributed by atoms with Crippen molar-refractivity contribution in [2.24, 2.45) is 11.8 Å². The summed E-state index contributed by atoms with van der Waals surface area (Å²) >= 11 is 0. The molecule has 7 rings (SSSR count). The van der Waals surface area contributed by atoms with Crippen LogP contribution in [0.25, 0.3) is 0 Å². The summed E-state index contributed by atoms with van der Waals surface area (Å²) in [4.78, 5) is 29.4. The van der Waals surface area contributed by atoms with Gasteiger partial charge < -0.3 is 4.74 Å². The summed E-state index contributed by atoms with van der Waals surface area (Å²) in [6, 6.07) is 22.5. The van der Waals surface area contributed by atoms with Crippen molar-refractivity contribution >= 4 is 17.5 Å². The van der Waals surface area contributed by atoms with Crippen LogP contribution in [-0.2, 0) is 15.0 Å². The number of unbranched alkanes of at least 4 members (excludes halogenated alkanes) is 1. The van der Waals surface area contributed by atoms with E-state index < -0.39 is 0 Å². The average molecular weight is 480 g/mol. The van der Waals surface area contributed by atoms with Gasteiger partial charge in [0.2, 0.25) is 11.8 Å². The normalized spacial score (nSPS) is 23.9. The molecule has 4 nitrogen and oxygen atoms in total. The Bertz CT molecular complexity index is 1350. The molecule has 1 fully saturated rings.